The Kier molecular flexibility index (Phi) is 4.65. The number of anilines is 1. The summed E-state index contributed by atoms with van der Waals surface area (Å²) in [6.07, 6.45) is 2.03. The number of carbonyl (C=O) groups excluding carboxylic acids is 1. The van der Waals surface area contributed by atoms with Gasteiger partial charge >= 0.3 is 0 Å². The predicted octanol–water partition coefficient (Wildman–Crippen LogP) is 2.99. The molecule has 2 aliphatic heterocycles. The van der Waals surface area contributed by atoms with Gasteiger partial charge in [-0.3, -0.25) is 4.79 Å². The third-order valence-corrected chi connectivity index (χ3v) is 6.52. The first-order valence-electron chi connectivity index (χ1n) is 9.11. The van der Waals surface area contributed by atoms with Crippen molar-refractivity contribution >= 4 is 32.6 Å². The molecule has 1 amide bonds. The highest BCUT2D eigenvalue weighted by Gasteiger charge is 2.31. The first kappa shape index (κ1) is 16.8. The first-order valence-corrected chi connectivity index (χ1v) is 9.93. The molecule has 0 aliphatic carbocycles. The number of hydrogen-bond donors (Lipinski definition) is 0. The molecule has 0 bridgehead atoms. The van der Waals surface area contributed by atoms with Crippen molar-refractivity contribution in [1.29, 1.82) is 0 Å². The first-order chi connectivity index (χ1) is 12.1. The topological polar surface area (TPSA) is 45.7 Å². The molecule has 5 nitrogen and oxygen atoms in total. The Bertz CT molecular complexity index is 782. The number of amides is 1. The number of aromatic nitrogens is 1. The van der Waals surface area contributed by atoms with E-state index in [9.17, 15) is 4.79 Å². The van der Waals surface area contributed by atoms with Gasteiger partial charge in [0.1, 0.15) is 0 Å². The number of morpholine rings is 1. The molecule has 134 valence electrons. The highest BCUT2D eigenvalue weighted by Crippen LogP contribution is 2.34. The number of ether oxygens (including phenoxy) is 1. The largest absolute Gasteiger partial charge is 0.378 e. The van der Waals surface area contributed by atoms with Crippen molar-refractivity contribution in [3.8, 4) is 0 Å². The third-order valence-electron chi connectivity index (χ3n) is 5.44. The molecule has 0 saturated carbocycles. The summed E-state index contributed by atoms with van der Waals surface area (Å²) >= 11 is 1.75. The van der Waals surface area contributed by atoms with Crippen molar-refractivity contribution in [1.82, 2.24) is 9.88 Å². The molecule has 0 spiro atoms. The van der Waals surface area contributed by atoms with E-state index in [1.54, 1.807) is 11.3 Å². The summed E-state index contributed by atoms with van der Waals surface area (Å²) in [5, 5.41) is 1.06. The average Bonchev–Trinajstić information content (AvgIpc) is 3.10. The lowest BCUT2D eigenvalue weighted by molar-refractivity contribution is -0.139. The van der Waals surface area contributed by atoms with Gasteiger partial charge in [-0.2, -0.15) is 0 Å². The van der Waals surface area contributed by atoms with Crippen LogP contribution in [0.1, 0.15) is 24.0 Å². The average molecular weight is 359 g/mol. The molecule has 4 rings (SSSR count). The number of benzene rings is 1. The van der Waals surface area contributed by atoms with Crippen molar-refractivity contribution in [2.75, 3.05) is 44.3 Å². The quantitative estimate of drug-likeness (QED) is 0.827. The number of fused-ring (bicyclic) bond motifs is 1. The van der Waals surface area contributed by atoms with Crippen LogP contribution in [0.4, 0.5) is 5.13 Å². The predicted molar refractivity (Wildman–Crippen MR) is 101 cm³/mol. The second-order valence-electron chi connectivity index (χ2n) is 7.07. The van der Waals surface area contributed by atoms with E-state index >= 15 is 0 Å². The van der Waals surface area contributed by atoms with Crippen molar-refractivity contribution in [2.45, 2.75) is 26.7 Å². The van der Waals surface area contributed by atoms with E-state index in [0.717, 1.165) is 49.7 Å². The number of piperidine rings is 1. The standard InChI is InChI=1S/C19H25N3O2S/c1-13-5-6-16-17(14(13)2)20-19(25-16)22-7-3-4-15(12-22)18(23)21-8-10-24-11-9-21/h5-6,15H,3-4,7-12H2,1-2H3. The van der Waals surface area contributed by atoms with Crippen LogP contribution in [0.25, 0.3) is 10.2 Å². The van der Waals surface area contributed by atoms with Gasteiger partial charge < -0.3 is 14.5 Å². The van der Waals surface area contributed by atoms with Gasteiger partial charge in [-0.25, -0.2) is 4.98 Å². The van der Waals surface area contributed by atoms with Gasteiger partial charge in [0.15, 0.2) is 5.13 Å². The number of rotatable bonds is 2. The third kappa shape index (κ3) is 3.25. The summed E-state index contributed by atoms with van der Waals surface area (Å²) in [5.74, 6) is 0.378. The van der Waals surface area contributed by atoms with Crippen molar-refractivity contribution in [3.63, 3.8) is 0 Å². The van der Waals surface area contributed by atoms with Crippen LogP contribution in [0.15, 0.2) is 12.1 Å². The Morgan fingerprint density at radius 2 is 2.04 bits per heavy atom. The monoisotopic (exact) mass is 359 g/mol. The van der Waals surface area contributed by atoms with Gasteiger partial charge in [-0.1, -0.05) is 17.4 Å². The molecule has 1 aromatic carbocycles. The lowest BCUT2D eigenvalue weighted by Crippen LogP contribution is -2.48. The van der Waals surface area contributed by atoms with Gasteiger partial charge in [0.2, 0.25) is 5.91 Å². The highest BCUT2D eigenvalue weighted by atomic mass is 32.1. The number of thiazole rings is 1. The number of hydrogen-bond acceptors (Lipinski definition) is 5. The van der Waals surface area contributed by atoms with Crippen molar-refractivity contribution < 1.29 is 9.53 Å². The molecule has 2 fully saturated rings. The van der Waals surface area contributed by atoms with Gasteiger partial charge in [0.25, 0.3) is 0 Å². The molecule has 1 atom stereocenters. The fourth-order valence-corrected chi connectivity index (χ4v) is 4.80. The van der Waals surface area contributed by atoms with Crippen LogP contribution in [0, 0.1) is 19.8 Å². The molecule has 1 unspecified atom stereocenters. The fraction of sp³-hybridized carbons (Fsp3) is 0.579. The van der Waals surface area contributed by atoms with E-state index in [-0.39, 0.29) is 5.92 Å². The Balaban J connectivity index is 1.53. The normalized spacial score (nSPS) is 21.8. The molecule has 2 saturated heterocycles. The van der Waals surface area contributed by atoms with Gasteiger partial charge in [-0.05, 0) is 43.9 Å². The zero-order valence-corrected chi connectivity index (χ0v) is 15.8. The minimum absolute atomic E-state index is 0.0849. The molecular formula is C19H25N3O2S. The summed E-state index contributed by atoms with van der Waals surface area (Å²) in [4.78, 5) is 22.0. The molecule has 6 heteroatoms. The molecule has 2 aromatic rings. The van der Waals surface area contributed by atoms with Crippen LogP contribution in [-0.4, -0.2) is 55.2 Å². The fourth-order valence-electron chi connectivity index (χ4n) is 3.74. The van der Waals surface area contributed by atoms with E-state index in [0.29, 0.717) is 19.1 Å². The summed E-state index contributed by atoms with van der Waals surface area (Å²) in [6.45, 7) is 8.84. The Morgan fingerprint density at radius 3 is 2.84 bits per heavy atom. The zero-order chi connectivity index (χ0) is 17.4. The van der Waals surface area contributed by atoms with Gasteiger partial charge in [0.05, 0.1) is 29.3 Å². The second kappa shape index (κ2) is 6.92. The maximum Gasteiger partial charge on any atom is 0.227 e. The molecule has 25 heavy (non-hydrogen) atoms. The summed E-state index contributed by atoms with van der Waals surface area (Å²) in [5.41, 5.74) is 3.66. The SMILES string of the molecule is Cc1ccc2sc(N3CCCC(C(=O)N4CCOCC4)C3)nc2c1C. The molecule has 3 heterocycles. The second-order valence-corrected chi connectivity index (χ2v) is 8.08. The van der Waals surface area contributed by atoms with Crippen LogP contribution in [0.5, 0.6) is 0 Å². The van der Waals surface area contributed by atoms with Crippen molar-refractivity contribution in [2.24, 2.45) is 5.92 Å². The molecule has 0 N–H and O–H groups in total. The van der Waals surface area contributed by atoms with E-state index in [4.69, 9.17) is 9.72 Å². The van der Waals surface area contributed by atoms with Crippen LogP contribution >= 0.6 is 11.3 Å². The molecule has 0 radical (unpaired) electrons. The molecule has 1 aromatic heterocycles. The van der Waals surface area contributed by atoms with Gasteiger partial charge in [-0.15, -0.1) is 0 Å². The van der Waals surface area contributed by atoms with Gasteiger partial charge in [0, 0.05) is 26.2 Å². The molecule has 2 aliphatic rings. The Morgan fingerprint density at radius 1 is 1.24 bits per heavy atom. The minimum atomic E-state index is 0.0849. The van der Waals surface area contributed by atoms with Crippen LogP contribution in [-0.2, 0) is 9.53 Å². The smallest absolute Gasteiger partial charge is 0.227 e. The van der Waals surface area contributed by atoms with E-state index in [1.165, 1.54) is 15.8 Å². The number of aryl methyl sites for hydroxylation is 2. The lowest BCUT2D eigenvalue weighted by atomic mass is 9.96. The minimum Gasteiger partial charge on any atom is -0.378 e. The van der Waals surface area contributed by atoms with E-state index < -0.39 is 0 Å². The maximum absolute atomic E-state index is 12.8. The van der Waals surface area contributed by atoms with E-state index in [1.807, 2.05) is 4.90 Å². The molecular weight excluding hydrogens is 334 g/mol. The van der Waals surface area contributed by atoms with Crippen LogP contribution in [0.2, 0.25) is 0 Å². The zero-order valence-electron chi connectivity index (χ0n) is 15.0. The number of nitrogens with zero attached hydrogens (tertiary/aromatic N) is 3. The van der Waals surface area contributed by atoms with Crippen molar-refractivity contribution in [3.05, 3.63) is 23.3 Å². The summed E-state index contributed by atoms with van der Waals surface area (Å²) < 4.78 is 6.61. The Labute approximate surface area is 152 Å². The Hall–Kier alpha value is -1.66. The maximum atomic E-state index is 12.8. The highest BCUT2D eigenvalue weighted by molar-refractivity contribution is 7.22. The summed E-state index contributed by atoms with van der Waals surface area (Å²) in [7, 11) is 0. The summed E-state index contributed by atoms with van der Waals surface area (Å²) in [6, 6.07) is 4.33. The van der Waals surface area contributed by atoms with Crippen LogP contribution < -0.4 is 4.90 Å². The van der Waals surface area contributed by atoms with Crippen LogP contribution in [0.3, 0.4) is 0 Å². The van der Waals surface area contributed by atoms with E-state index in [2.05, 4.69) is 30.9 Å². The lowest BCUT2D eigenvalue weighted by Gasteiger charge is -2.36. The number of carbonyl (C=O) groups is 1.